The quantitative estimate of drug-likeness (QED) is 0.818. The fraction of sp³-hybridized carbons (Fsp3) is 0.533. The van der Waals surface area contributed by atoms with Gasteiger partial charge in [-0.3, -0.25) is 4.79 Å². The van der Waals surface area contributed by atoms with Crippen LogP contribution in [0.5, 0.6) is 5.75 Å². The third-order valence-corrected chi connectivity index (χ3v) is 3.50. The number of para-hydroxylation sites is 1. The summed E-state index contributed by atoms with van der Waals surface area (Å²) in [7, 11) is 0. The van der Waals surface area contributed by atoms with Crippen LogP contribution in [0.15, 0.2) is 30.3 Å². The van der Waals surface area contributed by atoms with Crippen molar-refractivity contribution in [3.8, 4) is 5.75 Å². The van der Waals surface area contributed by atoms with Gasteiger partial charge in [-0.15, -0.1) is 0 Å². The van der Waals surface area contributed by atoms with E-state index in [9.17, 15) is 4.79 Å². The highest BCUT2D eigenvalue weighted by Gasteiger charge is 2.22. The molecule has 3 heteroatoms. The van der Waals surface area contributed by atoms with Crippen molar-refractivity contribution in [2.45, 2.75) is 26.2 Å². The molecule has 1 aliphatic heterocycles. The fourth-order valence-corrected chi connectivity index (χ4v) is 2.30. The number of amides is 1. The third-order valence-electron chi connectivity index (χ3n) is 3.50. The largest absolute Gasteiger partial charge is 0.493 e. The molecule has 1 heterocycles. The summed E-state index contributed by atoms with van der Waals surface area (Å²) in [6.07, 6.45) is 2.72. The normalized spacial score (nSPS) is 16.6. The Morgan fingerprint density at radius 2 is 1.94 bits per heavy atom. The Bertz CT molecular complexity index is 369. The van der Waals surface area contributed by atoms with Gasteiger partial charge in [0.2, 0.25) is 5.91 Å². The van der Waals surface area contributed by atoms with Gasteiger partial charge in [0.05, 0.1) is 6.61 Å². The van der Waals surface area contributed by atoms with Crippen molar-refractivity contribution in [3.05, 3.63) is 30.3 Å². The van der Waals surface area contributed by atoms with Crippen molar-refractivity contribution in [1.29, 1.82) is 0 Å². The standard InChI is InChI=1S/C15H21NO2/c1-2-15(17)16-10-8-13(9-11-16)12-18-14-6-4-3-5-7-14/h3-7,13H,2,8-12H2,1H3. The maximum Gasteiger partial charge on any atom is 0.222 e. The van der Waals surface area contributed by atoms with E-state index >= 15 is 0 Å². The molecule has 1 aromatic rings. The smallest absolute Gasteiger partial charge is 0.222 e. The zero-order chi connectivity index (χ0) is 12.8. The minimum absolute atomic E-state index is 0.275. The van der Waals surface area contributed by atoms with E-state index in [-0.39, 0.29) is 5.91 Å². The number of carbonyl (C=O) groups excluding carboxylic acids is 1. The van der Waals surface area contributed by atoms with Crippen molar-refractivity contribution in [1.82, 2.24) is 4.90 Å². The first-order valence-electron chi connectivity index (χ1n) is 6.75. The van der Waals surface area contributed by atoms with Crippen molar-refractivity contribution < 1.29 is 9.53 Å². The lowest BCUT2D eigenvalue weighted by molar-refractivity contribution is -0.132. The lowest BCUT2D eigenvalue weighted by Crippen LogP contribution is -2.39. The second kappa shape index (κ2) is 6.43. The van der Waals surface area contributed by atoms with Crippen LogP contribution >= 0.6 is 0 Å². The monoisotopic (exact) mass is 247 g/mol. The van der Waals surface area contributed by atoms with E-state index < -0.39 is 0 Å². The average molecular weight is 247 g/mol. The van der Waals surface area contributed by atoms with Crippen LogP contribution in [0.1, 0.15) is 26.2 Å². The maximum atomic E-state index is 11.5. The number of carbonyl (C=O) groups is 1. The zero-order valence-electron chi connectivity index (χ0n) is 11.0. The number of hydrogen-bond donors (Lipinski definition) is 0. The van der Waals surface area contributed by atoms with Crippen molar-refractivity contribution >= 4 is 5.91 Å². The van der Waals surface area contributed by atoms with Crippen LogP contribution in [0.3, 0.4) is 0 Å². The fourth-order valence-electron chi connectivity index (χ4n) is 2.30. The number of hydrogen-bond acceptors (Lipinski definition) is 2. The molecule has 98 valence electrons. The Morgan fingerprint density at radius 3 is 2.56 bits per heavy atom. The molecule has 0 atom stereocenters. The molecule has 0 aromatic heterocycles. The SMILES string of the molecule is CCC(=O)N1CCC(COc2ccccc2)CC1. The van der Waals surface area contributed by atoms with Gasteiger partial charge in [-0.2, -0.15) is 0 Å². The van der Waals surface area contributed by atoms with Crippen molar-refractivity contribution in [3.63, 3.8) is 0 Å². The Labute approximate surface area is 109 Å². The molecule has 1 amide bonds. The van der Waals surface area contributed by atoms with Gasteiger partial charge < -0.3 is 9.64 Å². The Kier molecular flexibility index (Phi) is 4.62. The first kappa shape index (κ1) is 12.9. The molecular formula is C15H21NO2. The molecule has 18 heavy (non-hydrogen) atoms. The Hall–Kier alpha value is -1.51. The molecule has 0 N–H and O–H groups in total. The topological polar surface area (TPSA) is 29.5 Å². The van der Waals surface area contributed by atoms with Gasteiger partial charge in [0, 0.05) is 19.5 Å². The van der Waals surface area contributed by atoms with Gasteiger partial charge in [0.15, 0.2) is 0 Å². The summed E-state index contributed by atoms with van der Waals surface area (Å²) in [6.45, 7) is 4.45. The van der Waals surface area contributed by atoms with Crippen LogP contribution in [0.4, 0.5) is 0 Å². The molecule has 0 aliphatic carbocycles. The van der Waals surface area contributed by atoms with Crippen LogP contribution in [-0.2, 0) is 4.79 Å². The highest BCUT2D eigenvalue weighted by Crippen LogP contribution is 2.19. The molecule has 2 rings (SSSR count). The molecule has 0 spiro atoms. The molecule has 0 unspecified atom stereocenters. The summed E-state index contributed by atoms with van der Waals surface area (Å²) in [5, 5.41) is 0. The number of nitrogens with zero attached hydrogens (tertiary/aromatic N) is 1. The zero-order valence-corrected chi connectivity index (χ0v) is 11.0. The Morgan fingerprint density at radius 1 is 1.28 bits per heavy atom. The van der Waals surface area contributed by atoms with Crippen molar-refractivity contribution in [2.75, 3.05) is 19.7 Å². The van der Waals surface area contributed by atoms with Gasteiger partial charge in [0.1, 0.15) is 5.75 Å². The summed E-state index contributed by atoms with van der Waals surface area (Å²) in [4.78, 5) is 13.5. The van der Waals surface area contributed by atoms with Gasteiger partial charge in [0.25, 0.3) is 0 Å². The second-order valence-corrected chi connectivity index (χ2v) is 4.80. The van der Waals surface area contributed by atoms with Crippen LogP contribution in [0, 0.1) is 5.92 Å². The van der Waals surface area contributed by atoms with Gasteiger partial charge >= 0.3 is 0 Å². The predicted octanol–water partition coefficient (Wildman–Crippen LogP) is 2.71. The first-order chi connectivity index (χ1) is 8.79. The molecule has 3 nitrogen and oxygen atoms in total. The lowest BCUT2D eigenvalue weighted by Gasteiger charge is -2.31. The maximum absolute atomic E-state index is 11.5. The molecule has 1 fully saturated rings. The molecule has 1 aliphatic rings. The van der Waals surface area contributed by atoms with Crippen molar-refractivity contribution in [2.24, 2.45) is 5.92 Å². The molecule has 0 radical (unpaired) electrons. The van der Waals surface area contributed by atoms with Crippen LogP contribution in [0.2, 0.25) is 0 Å². The Balaban J connectivity index is 1.72. The summed E-state index contributed by atoms with van der Waals surface area (Å²) >= 11 is 0. The number of likely N-dealkylation sites (tertiary alicyclic amines) is 1. The van der Waals surface area contributed by atoms with E-state index in [0.29, 0.717) is 12.3 Å². The highest BCUT2D eigenvalue weighted by molar-refractivity contribution is 5.75. The minimum Gasteiger partial charge on any atom is -0.493 e. The predicted molar refractivity (Wildman–Crippen MR) is 71.5 cm³/mol. The number of ether oxygens (including phenoxy) is 1. The number of piperidine rings is 1. The van der Waals surface area contributed by atoms with Crippen LogP contribution in [0.25, 0.3) is 0 Å². The number of rotatable bonds is 4. The lowest BCUT2D eigenvalue weighted by atomic mass is 9.97. The summed E-state index contributed by atoms with van der Waals surface area (Å²) in [6, 6.07) is 9.92. The summed E-state index contributed by atoms with van der Waals surface area (Å²) in [5.41, 5.74) is 0. The highest BCUT2D eigenvalue weighted by atomic mass is 16.5. The van der Waals surface area contributed by atoms with E-state index in [2.05, 4.69) is 0 Å². The van der Waals surface area contributed by atoms with E-state index in [4.69, 9.17) is 4.74 Å². The van der Waals surface area contributed by atoms with Crippen LogP contribution < -0.4 is 4.74 Å². The first-order valence-corrected chi connectivity index (χ1v) is 6.75. The van der Waals surface area contributed by atoms with Gasteiger partial charge in [-0.05, 0) is 30.9 Å². The molecule has 1 aromatic carbocycles. The van der Waals surface area contributed by atoms with E-state index in [1.54, 1.807) is 0 Å². The molecular weight excluding hydrogens is 226 g/mol. The second-order valence-electron chi connectivity index (χ2n) is 4.80. The molecule has 0 bridgehead atoms. The summed E-state index contributed by atoms with van der Waals surface area (Å²) < 4.78 is 5.76. The van der Waals surface area contributed by atoms with Gasteiger partial charge in [-0.1, -0.05) is 25.1 Å². The average Bonchev–Trinajstić information content (AvgIpc) is 2.46. The van der Waals surface area contributed by atoms with E-state index in [1.807, 2.05) is 42.2 Å². The minimum atomic E-state index is 0.275. The summed E-state index contributed by atoms with van der Waals surface area (Å²) in [5.74, 6) is 1.79. The van der Waals surface area contributed by atoms with Gasteiger partial charge in [-0.25, -0.2) is 0 Å². The number of benzene rings is 1. The van der Waals surface area contributed by atoms with Crippen LogP contribution in [-0.4, -0.2) is 30.5 Å². The molecule has 0 saturated carbocycles. The van der Waals surface area contributed by atoms with E-state index in [0.717, 1.165) is 38.3 Å². The van der Waals surface area contributed by atoms with E-state index in [1.165, 1.54) is 0 Å². The molecule has 1 saturated heterocycles. The third kappa shape index (κ3) is 3.49.